The highest BCUT2D eigenvalue weighted by atomic mass is 35.5. The average Bonchev–Trinajstić information content (AvgIpc) is 2.29. The van der Waals surface area contributed by atoms with Gasteiger partial charge in [0.1, 0.15) is 5.82 Å². The first kappa shape index (κ1) is 11.9. The zero-order valence-electron chi connectivity index (χ0n) is 9.21. The van der Waals surface area contributed by atoms with Gasteiger partial charge in [0.05, 0.1) is 17.8 Å². The molecule has 0 saturated carbocycles. The molecule has 0 radical (unpaired) electrons. The second-order valence-corrected chi connectivity index (χ2v) is 3.92. The van der Waals surface area contributed by atoms with E-state index in [0.717, 1.165) is 16.8 Å². The zero-order valence-corrected chi connectivity index (χ0v) is 9.96. The van der Waals surface area contributed by atoms with E-state index >= 15 is 0 Å². The summed E-state index contributed by atoms with van der Waals surface area (Å²) in [6.07, 6.45) is 0. The molecule has 2 rings (SSSR count). The van der Waals surface area contributed by atoms with E-state index in [2.05, 4.69) is 5.48 Å². The number of hydrogen-bond donors (Lipinski definition) is 1. The van der Waals surface area contributed by atoms with Gasteiger partial charge >= 0.3 is 0 Å². The van der Waals surface area contributed by atoms with Gasteiger partial charge in [0, 0.05) is 5.56 Å². The van der Waals surface area contributed by atoms with Crippen molar-refractivity contribution in [1.29, 1.82) is 0 Å². The summed E-state index contributed by atoms with van der Waals surface area (Å²) in [4.78, 5) is 4.78. The Kier molecular flexibility index (Phi) is 3.61. The molecule has 0 aliphatic rings. The summed E-state index contributed by atoms with van der Waals surface area (Å²) >= 11 is 6.13. The number of nitrogens with one attached hydrogen (secondary N) is 1. The second kappa shape index (κ2) is 5.17. The van der Waals surface area contributed by atoms with Crippen molar-refractivity contribution >= 4 is 17.3 Å². The van der Waals surface area contributed by atoms with Crippen LogP contribution in [-0.2, 0) is 4.84 Å². The van der Waals surface area contributed by atoms with E-state index in [1.165, 1.54) is 19.2 Å². The van der Waals surface area contributed by atoms with Gasteiger partial charge < -0.3 is 0 Å². The SMILES string of the molecule is CONc1ccc(-c2cccc(F)c2)c(Cl)c1. The maximum atomic E-state index is 13.1. The fourth-order valence-electron chi connectivity index (χ4n) is 1.59. The van der Waals surface area contributed by atoms with Crippen LogP contribution in [-0.4, -0.2) is 7.11 Å². The predicted octanol–water partition coefficient (Wildman–Crippen LogP) is 4.12. The van der Waals surface area contributed by atoms with Gasteiger partial charge in [-0.1, -0.05) is 29.8 Å². The largest absolute Gasteiger partial charge is 0.279 e. The topological polar surface area (TPSA) is 21.3 Å². The van der Waals surface area contributed by atoms with Gasteiger partial charge in [0.2, 0.25) is 0 Å². The Labute approximate surface area is 104 Å². The number of halogens is 2. The van der Waals surface area contributed by atoms with E-state index in [-0.39, 0.29) is 5.82 Å². The van der Waals surface area contributed by atoms with Gasteiger partial charge in [-0.25, -0.2) is 4.39 Å². The Morgan fingerprint density at radius 2 is 2.00 bits per heavy atom. The molecule has 0 bridgehead atoms. The molecule has 0 aliphatic heterocycles. The maximum absolute atomic E-state index is 13.1. The third kappa shape index (κ3) is 2.75. The molecule has 2 nitrogen and oxygen atoms in total. The Morgan fingerprint density at radius 1 is 1.18 bits per heavy atom. The van der Waals surface area contributed by atoms with Crippen molar-refractivity contribution in [3.05, 3.63) is 53.3 Å². The first-order valence-electron chi connectivity index (χ1n) is 5.05. The molecular weight excluding hydrogens is 241 g/mol. The van der Waals surface area contributed by atoms with Crippen molar-refractivity contribution in [3.63, 3.8) is 0 Å². The van der Waals surface area contributed by atoms with E-state index in [1.54, 1.807) is 12.1 Å². The third-order valence-electron chi connectivity index (χ3n) is 2.32. The minimum absolute atomic E-state index is 0.280. The summed E-state index contributed by atoms with van der Waals surface area (Å²) in [5.41, 5.74) is 4.96. The lowest BCUT2D eigenvalue weighted by Gasteiger charge is -2.08. The average molecular weight is 252 g/mol. The predicted molar refractivity (Wildman–Crippen MR) is 67.5 cm³/mol. The summed E-state index contributed by atoms with van der Waals surface area (Å²) < 4.78 is 13.1. The lowest BCUT2D eigenvalue weighted by atomic mass is 10.1. The number of hydrogen-bond acceptors (Lipinski definition) is 2. The van der Waals surface area contributed by atoms with Crippen molar-refractivity contribution in [1.82, 2.24) is 0 Å². The van der Waals surface area contributed by atoms with Crippen LogP contribution in [0.1, 0.15) is 0 Å². The van der Waals surface area contributed by atoms with Crippen LogP contribution in [0.25, 0.3) is 11.1 Å². The normalized spacial score (nSPS) is 10.3. The van der Waals surface area contributed by atoms with Crippen LogP contribution in [0.15, 0.2) is 42.5 Å². The monoisotopic (exact) mass is 251 g/mol. The minimum Gasteiger partial charge on any atom is -0.279 e. The summed E-state index contributed by atoms with van der Waals surface area (Å²) in [7, 11) is 1.52. The minimum atomic E-state index is -0.280. The van der Waals surface area contributed by atoms with Crippen LogP contribution in [0, 0.1) is 5.82 Å². The molecule has 2 aromatic carbocycles. The molecular formula is C13H11ClFNO. The van der Waals surface area contributed by atoms with E-state index in [0.29, 0.717) is 5.02 Å². The zero-order chi connectivity index (χ0) is 12.3. The lowest BCUT2D eigenvalue weighted by Crippen LogP contribution is -1.95. The summed E-state index contributed by atoms with van der Waals surface area (Å²) in [6.45, 7) is 0. The summed E-state index contributed by atoms with van der Waals surface area (Å²) in [5.74, 6) is -0.280. The summed E-state index contributed by atoms with van der Waals surface area (Å²) in [5, 5.41) is 0.539. The molecule has 1 N–H and O–H groups in total. The van der Waals surface area contributed by atoms with Crippen LogP contribution in [0.5, 0.6) is 0 Å². The van der Waals surface area contributed by atoms with E-state index in [4.69, 9.17) is 16.4 Å². The Bertz CT molecular complexity index is 531. The molecule has 0 heterocycles. The van der Waals surface area contributed by atoms with Gasteiger partial charge in [-0.3, -0.25) is 10.3 Å². The molecule has 17 heavy (non-hydrogen) atoms. The lowest BCUT2D eigenvalue weighted by molar-refractivity contribution is 0.271. The fourth-order valence-corrected chi connectivity index (χ4v) is 1.88. The highest BCUT2D eigenvalue weighted by molar-refractivity contribution is 6.33. The quantitative estimate of drug-likeness (QED) is 0.829. The van der Waals surface area contributed by atoms with Gasteiger partial charge in [0.25, 0.3) is 0 Å². The standard InChI is InChI=1S/C13H11ClFNO/c1-17-16-11-5-6-12(13(14)8-11)9-3-2-4-10(15)7-9/h2-8,16H,1H3. The Morgan fingerprint density at radius 3 is 2.65 bits per heavy atom. The molecule has 0 fully saturated rings. The molecule has 88 valence electrons. The molecule has 0 saturated heterocycles. The van der Waals surface area contributed by atoms with E-state index in [9.17, 15) is 4.39 Å². The number of anilines is 1. The number of benzene rings is 2. The highest BCUT2D eigenvalue weighted by Crippen LogP contribution is 2.30. The molecule has 0 amide bonds. The molecule has 0 unspecified atom stereocenters. The molecule has 0 aromatic heterocycles. The summed E-state index contributed by atoms with van der Waals surface area (Å²) in [6, 6.07) is 11.7. The molecule has 0 aliphatic carbocycles. The molecule has 0 atom stereocenters. The van der Waals surface area contributed by atoms with E-state index < -0.39 is 0 Å². The molecule has 4 heteroatoms. The van der Waals surface area contributed by atoms with Crippen LogP contribution < -0.4 is 5.48 Å². The van der Waals surface area contributed by atoms with Gasteiger partial charge in [0.15, 0.2) is 0 Å². The smallest absolute Gasteiger partial charge is 0.123 e. The molecule has 0 spiro atoms. The van der Waals surface area contributed by atoms with Crippen molar-refractivity contribution in [3.8, 4) is 11.1 Å². The van der Waals surface area contributed by atoms with Crippen molar-refractivity contribution in [2.24, 2.45) is 0 Å². The van der Waals surface area contributed by atoms with Crippen molar-refractivity contribution in [2.75, 3.05) is 12.6 Å². The maximum Gasteiger partial charge on any atom is 0.123 e. The van der Waals surface area contributed by atoms with Crippen LogP contribution in [0.4, 0.5) is 10.1 Å². The Balaban J connectivity index is 2.39. The number of rotatable bonds is 3. The first-order chi connectivity index (χ1) is 8.20. The second-order valence-electron chi connectivity index (χ2n) is 3.51. The highest BCUT2D eigenvalue weighted by Gasteiger charge is 2.05. The van der Waals surface area contributed by atoms with Crippen molar-refractivity contribution < 1.29 is 9.23 Å². The molecule has 2 aromatic rings. The van der Waals surface area contributed by atoms with Crippen LogP contribution in [0.3, 0.4) is 0 Å². The third-order valence-corrected chi connectivity index (χ3v) is 2.64. The van der Waals surface area contributed by atoms with Gasteiger partial charge in [-0.15, -0.1) is 0 Å². The van der Waals surface area contributed by atoms with Gasteiger partial charge in [-0.05, 0) is 29.8 Å². The van der Waals surface area contributed by atoms with Crippen molar-refractivity contribution in [2.45, 2.75) is 0 Å². The van der Waals surface area contributed by atoms with Gasteiger partial charge in [-0.2, -0.15) is 0 Å². The van der Waals surface area contributed by atoms with Crippen LogP contribution >= 0.6 is 11.6 Å². The Hall–Kier alpha value is -1.58. The fraction of sp³-hybridized carbons (Fsp3) is 0.0769. The van der Waals surface area contributed by atoms with Crippen LogP contribution in [0.2, 0.25) is 5.02 Å². The first-order valence-corrected chi connectivity index (χ1v) is 5.43. The van der Waals surface area contributed by atoms with E-state index in [1.807, 2.05) is 18.2 Å².